The largest absolute Gasteiger partial charge is 0.491 e. The topological polar surface area (TPSA) is 51.5 Å². The van der Waals surface area contributed by atoms with Gasteiger partial charge in [-0.3, -0.25) is 4.79 Å². The van der Waals surface area contributed by atoms with Crippen molar-refractivity contribution in [1.82, 2.24) is 5.32 Å². The van der Waals surface area contributed by atoms with Crippen LogP contribution in [0.1, 0.15) is 36.4 Å². The van der Waals surface area contributed by atoms with Crippen molar-refractivity contribution in [2.75, 3.05) is 6.54 Å². The molecule has 0 aliphatic heterocycles. The first kappa shape index (κ1) is 17.1. The smallest absolute Gasteiger partial charge is 0.287 e. The number of para-hydroxylation sites is 1. The lowest BCUT2D eigenvalue weighted by atomic mass is 10.1. The molecule has 25 heavy (non-hydrogen) atoms. The zero-order valence-corrected chi connectivity index (χ0v) is 14.6. The Labute approximate surface area is 147 Å². The molecule has 1 aromatic heterocycles. The number of aryl methyl sites for hydroxylation is 1. The summed E-state index contributed by atoms with van der Waals surface area (Å²) in [5.74, 6) is 1.07. The molecule has 2 aromatic carbocycles. The van der Waals surface area contributed by atoms with Crippen LogP contribution in [-0.2, 0) is 6.42 Å². The van der Waals surface area contributed by atoms with Crippen molar-refractivity contribution in [2.45, 2.75) is 32.8 Å². The molecular weight excluding hydrogens is 314 g/mol. The molecular formula is C21H23NO3. The van der Waals surface area contributed by atoms with Crippen LogP contribution in [-0.4, -0.2) is 18.6 Å². The molecule has 0 saturated heterocycles. The fourth-order valence-corrected chi connectivity index (χ4v) is 2.68. The van der Waals surface area contributed by atoms with Gasteiger partial charge in [-0.15, -0.1) is 0 Å². The maximum atomic E-state index is 12.2. The second-order valence-corrected chi connectivity index (χ2v) is 6.32. The molecule has 1 amide bonds. The Morgan fingerprint density at radius 1 is 1.12 bits per heavy atom. The maximum Gasteiger partial charge on any atom is 0.287 e. The van der Waals surface area contributed by atoms with E-state index in [9.17, 15) is 4.79 Å². The van der Waals surface area contributed by atoms with E-state index < -0.39 is 0 Å². The van der Waals surface area contributed by atoms with Crippen LogP contribution in [0, 0.1) is 0 Å². The summed E-state index contributed by atoms with van der Waals surface area (Å²) in [7, 11) is 0. The van der Waals surface area contributed by atoms with Crippen molar-refractivity contribution in [1.29, 1.82) is 0 Å². The van der Waals surface area contributed by atoms with Crippen LogP contribution < -0.4 is 10.1 Å². The molecule has 0 aliphatic carbocycles. The van der Waals surface area contributed by atoms with E-state index in [1.165, 1.54) is 5.56 Å². The normalized spacial score (nSPS) is 11.0. The summed E-state index contributed by atoms with van der Waals surface area (Å²) in [6.07, 6.45) is 1.96. The minimum atomic E-state index is -0.170. The van der Waals surface area contributed by atoms with E-state index in [0.717, 1.165) is 29.6 Å². The summed E-state index contributed by atoms with van der Waals surface area (Å²) < 4.78 is 11.2. The standard InChI is InChI=1S/C21H23NO3/c1-15(2)24-18-11-9-16(10-12-18)6-5-13-22-21(23)20-14-17-7-3-4-8-19(17)25-20/h3-4,7-12,14-15H,5-6,13H2,1-2H3,(H,22,23). The van der Waals surface area contributed by atoms with Crippen molar-refractivity contribution in [3.8, 4) is 5.75 Å². The summed E-state index contributed by atoms with van der Waals surface area (Å²) in [5.41, 5.74) is 1.96. The highest BCUT2D eigenvalue weighted by Gasteiger charge is 2.11. The van der Waals surface area contributed by atoms with Gasteiger partial charge in [-0.25, -0.2) is 0 Å². The monoisotopic (exact) mass is 337 g/mol. The van der Waals surface area contributed by atoms with Crippen molar-refractivity contribution in [3.63, 3.8) is 0 Å². The Hall–Kier alpha value is -2.75. The summed E-state index contributed by atoms with van der Waals surface area (Å²) in [5, 5.41) is 3.85. The lowest BCUT2D eigenvalue weighted by Crippen LogP contribution is -2.24. The van der Waals surface area contributed by atoms with E-state index in [1.54, 1.807) is 6.07 Å². The average molecular weight is 337 g/mol. The number of nitrogens with one attached hydrogen (secondary N) is 1. The lowest BCUT2D eigenvalue weighted by molar-refractivity contribution is 0.0927. The molecule has 0 spiro atoms. The third-order valence-corrected chi connectivity index (χ3v) is 3.87. The van der Waals surface area contributed by atoms with E-state index in [2.05, 4.69) is 17.4 Å². The molecule has 4 nitrogen and oxygen atoms in total. The Kier molecular flexibility index (Phi) is 5.39. The van der Waals surface area contributed by atoms with Gasteiger partial charge in [0.1, 0.15) is 11.3 Å². The number of fused-ring (bicyclic) bond motifs is 1. The van der Waals surface area contributed by atoms with Gasteiger partial charge in [-0.1, -0.05) is 30.3 Å². The van der Waals surface area contributed by atoms with E-state index >= 15 is 0 Å². The van der Waals surface area contributed by atoms with Crippen molar-refractivity contribution in [3.05, 3.63) is 65.9 Å². The predicted octanol–water partition coefficient (Wildman–Crippen LogP) is 4.58. The molecule has 0 atom stereocenters. The molecule has 0 aliphatic rings. The van der Waals surface area contributed by atoms with Gasteiger partial charge in [0.25, 0.3) is 5.91 Å². The van der Waals surface area contributed by atoms with Crippen LogP contribution in [0.2, 0.25) is 0 Å². The molecule has 1 heterocycles. The van der Waals surface area contributed by atoms with Gasteiger partial charge >= 0.3 is 0 Å². The molecule has 4 heteroatoms. The SMILES string of the molecule is CC(C)Oc1ccc(CCCNC(=O)c2cc3ccccc3o2)cc1. The zero-order valence-electron chi connectivity index (χ0n) is 14.6. The predicted molar refractivity (Wildman–Crippen MR) is 99.1 cm³/mol. The van der Waals surface area contributed by atoms with Gasteiger partial charge < -0.3 is 14.5 Å². The van der Waals surface area contributed by atoms with Crippen LogP contribution >= 0.6 is 0 Å². The fraction of sp³-hybridized carbons (Fsp3) is 0.286. The van der Waals surface area contributed by atoms with Crippen molar-refractivity contribution >= 4 is 16.9 Å². The number of carbonyl (C=O) groups is 1. The van der Waals surface area contributed by atoms with Crippen LogP contribution in [0.25, 0.3) is 11.0 Å². The molecule has 3 rings (SSSR count). The minimum Gasteiger partial charge on any atom is -0.491 e. The highest BCUT2D eigenvalue weighted by Crippen LogP contribution is 2.18. The summed E-state index contributed by atoms with van der Waals surface area (Å²) in [6.45, 7) is 4.64. The Morgan fingerprint density at radius 3 is 2.60 bits per heavy atom. The van der Waals surface area contributed by atoms with Crippen LogP contribution in [0.4, 0.5) is 0 Å². The number of furan rings is 1. The minimum absolute atomic E-state index is 0.170. The van der Waals surface area contributed by atoms with Crippen LogP contribution in [0.5, 0.6) is 5.75 Å². The second-order valence-electron chi connectivity index (χ2n) is 6.32. The highest BCUT2D eigenvalue weighted by molar-refractivity contribution is 5.96. The Morgan fingerprint density at radius 2 is 1.88 bits per heavy atom. The Balaban J connectivity index is 1.45. The third-order valence-electron chi connectivity index (χ3n) is 3.87. The first-order valence-corrected chi connectivity index (χ1v) is 8.64. The number of amides is 1. The average Bonchev–Trinajstić information content (AvgIpc) is 3.04. The van der Waals surface area contributed by atoms with Crippen molar-refractivity contribution < 1.29 is 13.9 Å². The summed E-state index contributed by atoms with van der Waals surface area (Å²) in [4.78, 5) is 12.2. The summed E-state index contributed by atoms with van der Waals surface area (Å²) >= 11 is 0. The molecule has 3 aromatic rings. The highest BCUT2D eigenvalue weighted by atomic mass is 16.5. The van der Waals surface area contributed by atoms with Crippen LogP contribution in [0.3, 0.4) is 0 Å². The number of hydrogen-bond acceptors (Lipinski definition) is 3. The molecule has 0 radical (unpaired) electrons. The molecule has 0 fully saturated rings. The number of ether oxygens (including phenoxy) is 1. The second kappa shape index (κ2) is 7.88. The van der Waals surface area contributed by atoms with Gasteiger partial charge in [0.2, 0.25) is 0 Å². The van der Waals surface area contributed by atoms with E-state index in [1.807, 2.05) is 50.2 Å². The van der Waals surface area contributed by atoms with Crippen molar-refractivity contribution in [2.24, 2.45) is 0 Å². The fourth-order valence-electron chi connectivity index (χ4n) is 2.68. The van der Waals surface area contributed by atoms with E-state index in [0.29, 0.717) is 12.3 Å². The van der Waals surface area contributed by atoms with E-state index in [-0.39, 0.29) is 12.0 Å². The van der Waals surface area contributed by atoms with Crippen LogP contribution in [0.15, 0.2) is 59.0 Å². The molecule has 0 saturated carbocycles. The van der Waals surface area contributed by atoms with Gasteiger partial charge in [0.15, 0.2) is 5.76 Å². The molecule has 130 valence electrons. The van der Waals surface area contributed by atoms with E-state index in [4.69, 9.17) is 9.15 Å². The van der Waals surface area contributed by atoms with Gasteiger partial charge in [0, 0.05) is 11.9 Å². The van der Waals surface area contributed by atoms with Gasteiger partial charge in [0.05, 0.1) is 6.10 Å². The lowest BCUT2D eigenvalue weighted by Gasteiger charge is -2.10. The third kappa shape index (κ3) is 4.63. The molecule has 0 unspecified atom stereocenters. The maximum absolute atomic E-state index is 12.2. The Bertz CT molecular complexity index is 801. The number of carbonyl (C=O) groups excluding carboxylic acids is 1. The number of benzene rings is 2. The molecule has 0 bridgehead atoms. The summed E-state index contributed by atoms with van der Waals surface area (Å²) in [6, 6.07) is 17.5. The number of rotatable bonds is 7. The van der Waals surface area contributed by atoms with Gasteiger partial charge in [-0.2, -0.15) is 0 Å². The quantitative estimate of drug-likeness (QED) is 0.642. The first-order chi connectivity index (χ1) is 12.1. The zero-order chi connectivity index (χ0) is 17.6. The van der Waals surface area contributed by atoms with Gasteiger partial charge in [-0.05, 0) is 56.5 Å². The molecule has 1 N–H and O–H groups in total. The first-order valence-electron chi connectivity index (χ1n) is 8.64. The number of hydrogen-bond donors (Lipinski definition) is 1.